The van der Waals surface area contributed by atoms with Gasteiger partial charge in [-0.1, -0.05) is 85.1 Å². The highest BCUT2D eigenvalue weighted by Crippen LogP contribution is 2.29. The number of nitrogens with zero attached hydrogens (tertiary/aromatic N) is 2. The second kappa shape index (κ2) is 14.9. The molecule has 9 heteroatoms. The van der Waals surface area contributed by atoms with Crippen molar-refractivity contribution in [2.45, 2.75) is 77.4 Å². The van der Waals surface area contributed by atoms with Gasteiger partial charge in [-0.25, -0.2) is 8.42 Å². The van der Waals surface area contributed by atoms with Gasteiger partial charge in [-0.2, -0.15) is 0 Å². The summed E-state index contributed by atoms with van der Waals surface area (Å²) in [5.41, 5.74) is 4.13. The summed E-state index contributed by atoms with van der Waals surface area (Å²) in [5, 5.41) is 3.70. The molecule has 1 fully saturated rings. The molecule has 0 bridgehead atoms. The SMILES string of the molecule is Cc1ccccc1CN(C(=O)CCCN(c1cccc(Cl)c1C)S(C)(=O)=O)[C@@H](Cc1ccccc1)C(=O)NC1CCCC1. The lowest BCUT2D eigenvalue weighted by molar-refractivity contribution is -0.141. The van der Waals surface area contributed by atoms with Crippen LogP contribution in [0.25, 0.3) is 0 Å². The molecule has 3 aromatic rings. The van der Waals surface area contributed by atoms with E-state index in [4.69, 9.17) is 11.6 Å². The first kappa shape index (κ1) is 32.6. The highest BCUT2D eigenvalue weighted by atomic mass is 35.5. The van der Waals surface area contributed by atoms with E-state index in [9.17, 15) is 18.0 Å². The van der Waals surface area contributed by atoms with Crippen LogP contribution in [0.15, 0.2) is 72.8 Å². The van der Waals surface area contributed by atoms with E-state index >= 15 is 0 Å². The van der Waals surface area contributed by atoms with E-state index in [2.05, 4.69) is 5.32 Å². The van der Waals surface area contributed by atoms with E-state index < -0.39 is 16.1 Å². The van der Waals surface area contributed by atoms with Crippen LogP contribution in [-0.2, 0) is 32.6 Å². The van der Waals surface area contributed by atoms with Crippen LogP contribution in [-0.4, -0.2) is 50.0 Å². The van der Waals surface area contributed by atoms with E-state index in [1.807, 2.05) is 61.5 Å². The van der Waals surface area contributed by atoms with Gasteiger partial charge in [-0.15, -0.1) is 0 Å². The van der Waals surface area contributed by atoms with Gasteiger partial charge in [0, 0.05) is 37.0 Å². The molecule has 0 radical (unpaired) electrons. The average molecular weight is 624 g/mol. The second-order valence-corrected chi connectivity index (χ2v) is 13.8. The summed E-state index contributed by atoms with van der Waals surface area (Å²) < 4.78 is 26.9. The number of hydrogen-bond donors (Lipinski definition) is 1. The molecule has 0 aromatic heterocycles. The maximum atomic E-state index is 14.1. The fraction of sp³-hybridized carbons (Fsp3) is 0.412. The lowest BCUT2D eigenvalue weighted by Gasteiger charge is -2.33. The number of amides is 2. The van der Waals surface area contributed by atoms with Gasteiger partial charge in [0.1, 0.15) is 6.04 Å². The number of anilines is 1. The number of hydrogen-bond acceptors (Lipinski definition) is 4. The standard InChI is InChI=1S/C34H42ClN3O4S/c1-25-13-7-8-16-28(25)24-37(32(23-27-14-5-4-6-15-27)34(40)36-29-17-9-10-18-29)33(39)21-12-22-38(43(3,41)42)31-20-11-19-30(35)26(31)2/h4-8,11,13-16,19-20,29,32H,9-10,12,17-18,21-24H2,1-3H3,(H,36,40)/t32-/m0/s1. The fourth-order valence-corrected chi connectivity index (χ4v) is 6.93. The van der Waals surface area contributed by atoms with E-state index in [-0.39, 0.29) is 43.8 Å². The number of sulfonamides is 1. The molecule has 1 aliphatic carbocycles. The summed E-state index contributed by atoms with van der Waals surface area (Å²) in [5.74, 6) is -0.341. The third-order valence-corrected chi connectivity index (χ3v) is 9.82. The molecule has 1 atom stereocenters. The van der Waals surface area contributed by atoms with Gasteiger partial charge in [0.2, 0.25) is 21.8 Å². The molecule has 0 heterocycles. The van der Waals surface area contributed by atoms with Crippen molar-refractivity contribution in [3.8, 4) is 0 Å². The smallest absolute Gasteiger partial charge is 0.243 e. The topological polar surface area (TPSA) is 86.8 Å². The van der Waals surface area contributed by atoms with E-state index in [0.29, 0.717) is 22.7 Å². The Kier molecular flexibility index (Phi) is 11.3. The predicted molar refractivity (Wildman–Crippen MR) is 174 cm³/mol. The summed E-state index contributed by atoms with van der Waals surface area (Å²) >= 11 is 6.30. The van der Waals surface area contributed by atoms with Crippen molar-refractivity contribution >= 4 is 39.1 Å². The minimum atomic E-state index is -3.63. The van der Waals surface area contributed by atoms with Gasteiger partial charge in [0.05, 0.1) is 11.9 Å². The Bertz CT molecular complexity index is 1510. The maximum absolute atomic E-state index is 14.1. The number of carbonyl (C=O) groups excluding carboxylic acids is 2. The van der Waals surface area contributed by atoms with Crippen LogP contribution in [0.5, 0.6) is 0 Å². The zero-order chi connectivity index (χ0) is 31.0. The van der Waals surface area contributed by atoms with E-state index in [1.165, 1.54) is 4.31 Å². The van der Waals surface area contributed by atoms with Gasteiger partial charge in [-0.3, -0.25) is 13.9 Å². The van der Waals surface area contributed by atoms with Gasteiger partial charge in [0.15, 0.2) is 0 Å². The highest BCUT2D eigenvalue weighted by Gasteiger charge is 2.32. The average Bonchev–Trinajstić information content (AvgIpc) is 3.48. The van der Waals surface area contributed by atoms with Crippen molar-refractivity contribution in [1.82, 2.24) is 10.2 Å². The van der Waals surface area contributed by atoms with Gasteiger partial charge < -0.3 is 10.2 Å². The van der Waals surface area contributed by atoms with Crippen molar-refractivity contribution in [3.05, 3.63) is 100 Å². The molecule has 4 rings (SSSR count). The first-order valence-electron chi connectivity index (χ1n) is 15.0. The third-order valence-electron chi connectivity index (χ3n) is 8.23. The number of rotatable bonds is 13. The Morgan fingerprint density at radius 3 is 2.30 bits per heavy atom. The Morgan fingerprint density at radius 2 is 1.63 bits per heavy atom. The molecule has 43 heavy (non-hydrogen) atoms. The molecule has 0 spiro atoms. The van der Waals surface area contributed by atoms with Crippen molar-refractivity contribution in [2.75, 3.05) is 17.1 Å². The summed E-state index contributed by atoms with van der Waals surface area (Å²) in [6.45, 7) is 4.17. The number of aryl methyl sites for hydroxylation is 1. The monoisotopic (exact) mass is 623 g/mol. The third kappa shape index (κ3) is 8.83. The zero-order valence-corrected chi connectivity index (χ0v) is 26.8. The lowest BCUT2D eigenvalue weighted by atomic mass is 10.0. The quantitative estimate of drug-likeness (QED) is 0.246. The molecule has 0 unspecified atom stereocenters. The van der Waals surface area contributed by atoms with Gasteiger partial charge in [0.25, 0.3) is 0 Å². The van der Waals surface area contributed by atoms with E-state index in [0.717, 1.165) is 48.6 Å². The zero-order valence-electron chi connectivity index (χ0n) is 25.3. The highest BCUT2D eigenvalue weighted by molar-refractivity contribution is 7.92. The molecular weight excluding hydrogens is 582 g/mol. The molecule has 1 N–H and O–H groups in total. The fourth-order valence-electron chi connectivity index (χ4n) is 5.74. The molecular formula is C34H42ClN3O4S. The van der Waals surface area contributed by atoms with Gasteiger partial charge >= 0.3 is 0 Å². The molecule has 3 aromatic carbocycles. The molecule has 7 nitrogen and oxygen atoms in total. The maximum Gasteiger partial charge on any atom is 0.243 e. The number of halogens is 1. The molecule has 1 saturated carbocycles. The minimum Gasteiger partial charge on any atom is -0.352 e. The van der Waals surface area contributed by atoms with E-state index in [1.54, 1.807) is 30.0 Å². The number of nitrogens with one attached hydrogen (secondary N) is 1. The normalized spacial score (nSPS) is 14.3. The van der Waals surface area contributed by atoms with Gasteiger partial charge in [-0.05, 0) is 67.5 Å². The molecule has 0 saturated heterocycles. The van der Waals surface area contributed by atoms with Crippen molar-refractivity contribution < 1.29 is 18.0 Å². The molecule has 230 valence electrons. The van der Waals surface area contributed by atoms with Crippen LogP contribution < -0.4 is 9.62 Å². The molecule has 0 aliphatic heterocycles. The largest absolute Gasteiger partial charge is 0.352 e. The first-order chi connectivity index (χ1) is 20.5. The number of benzene rings is 3. The predicted octanol–water partition coefficient (Wildman–Crippen LogP) is 6.20. The van der Waals surface area contributed by atoms with Crippen LogP contribution in [0, 0.1) is 13.8 Å². The minimum absolute atomic E-state index is 0.0828. The summed E-state index contributed by atoms with van der Waals surface area (Å²) in [6.07, 6.45) is 5.97. The summed E-state index contributed by atoms with van der Waals surface area (Å²) in [6, 6.07) is 22.2. The van der Waals surface area contributed by atoms with Crippen LogP contribution in [0.1, 0.15) is 60.8 Å². The lowest BCUT2D eigenvalue weighted by Crippen LogP contribution is -2.52. The van der Waals surface area contributed by atoms with Crippen molar-refractivity contribution in [2.24, 2.45) is 0 Å². The Labute approximate surface area is 261 Å². The molecule has 2 amide bonds. The van der Waals surface area contributed by atoms with Crippen LogP contribution >= 0.6 is 11.6 Å². The van der Waals surface area contributed by atoms with Crippen molar-refractivity contribution in [3.63, 3.8) is 0 Å². The van der Waals surface area contributed by atoms with Crippen LogP contribution in [0.3, 0.4) is 0 Å². The Balaban J connectivity index is 1.61. The van der Waals surface area contributed by atoms with Crippen molar-refractivity contribution in [1.29, 1.82) is 0 Å². The van der Waals surface area contributed by atoms with Crippen LogP contribution in [0.2, 0.25) is 5.02 Å². The second-order valence-electron chi connectivity index (χ2n) is 11.5. The summed E-state index contributed by atoms with van der Waals surface area (Å²) in [7, 11) is -3.63. The Morgan fingerprint density at radius 1 is 0.953 bits per heavy atom. The summed E-state index contributed by atoms with van der Waals surface area (Å²) in [4.78, 5) is 29.7. The number of carbonyl (C=O) groups is 2. The molecule has 1 aliphatic rings. The first-order valence-corrected chi connectivity index (χ1v) is 17.2. The van der Waals surface area contributed by atoms with Crippen LogP contribution in [0.4, 0.5) is 5.69 Å². The Hall–Kier alpha value is -3.36.